The van der Waals surface area contributed by atoms with E-state index in [2.05, 4.69) is 30.6 Å². The molecule has 0 spiro atoms. The van der Waals surface area contributed by atoms with Gasteiger partial charge in [0.15, 0.2) is 0 Å². The van der Waals surface area contributed by atoms with Crippen molar-refractivity contribution in [3.63, 3.8) is 0 Å². The van der Waals surface area contributed by atoms with Crippen molar-refractivity contribution in [2.75, 3.05) is 32.7 Å². The quantitative estimate of drug-likeness (QED) is 0.738. The summed E-state index contributed by atoms with van der Waals surface area (Å²) in [5, 5.41) is 0. The van der Waals surface area contributed by atoms with Crippen LogP contribution in [-0.2, 0) is 4.79 Å². The van der Waals surface area contributed by atoms with Crippen LogP contribution in [0.1, 0.15) is 46.5 Å². The van der Waals surface area contributed by atoms with Gasteiger partial charge in [-0.25, -0.2) is 0 Å². The van der Waals surface area contributed by atoms with Crippen LogP contribution in [0.15, 0.2) is 0 Å². The van der Waals surface area contributed by atoms with Crippen LogP contribution in [0.25, 0.3) is 0 Å². The molecule has 0 aromatic rings. The number of nitrogens with zero attached hydrogens (tertiary/aromatic N) is 2. The number of carbonyl (C=O) groups is 1. The molecule has 1 aliphatic heterocycles. The molecule has 1 saturated carbocycles. The third-order valence-corrected chi connectivity index (χ3v) is 4.33. The maximum absolute atomic E-state index is 12.5. The molecule has 2 rings (SSSR count). The first-order chi connectivity index (χ1) is 9.08. The molecule has 3 nitrogen and oxygen atoms in total. The maximum Gasteiger partial charge on any atom is 0.236 e. The fraction of sp³-hybridized carbons (Fsp3) is 0.938. The number of likely N-dealkylation sites (tertiary alicyclic amines) is 1. The summed E-state index contributed by atoms with van der Waals surface area (Å²) in [5.41, 5.74) is 0. The lowest BCUT2D eigenvalue weighted by Crippen LogP contribution is -2.47. The number of rotatable bonds is 6. The van der Waals surface area contributed by atoms with E-state index in [0.717, 1.165) is 38.5 Å². The Labute approximate surface area is 118 Å². The van der Waals surface area contributed by atoms with E-state index in [1.54, 1.807) is 0 Å². The summed E-state index contributed by atoms with van der Waals surface area (Å²) in [6.07, 6.45) is 5.15. The van der Waals surface area contributed by atoms with E-state index in [4.69, 9.17) is 0 Å². The average molecular weight is 266 g/mol. The highest BCUT2D eigenvalue weighted by molar-refractivity contribution is 5.78. The predicted octanol–water partition coefficient (Wildman–Crippen LogP) is 2.61. The largest absolute Gasteiger partial charge is 0.341 e. The number of carbonyl (C=O) groups excluding carboxylic acids is 1. The van der Waals surface area contributed by atoms with Crippen molar-refractivity contribution < 1.29 is 4.79 Å². The topological polar surface area (TPSA) is 23.6 Å². The Balaban J connectivity index is 1.82. The first kappa shape index (κ1) is 14.8. The van der Waals surface area contributed by atoms with Crippen LogP contribution in [0.2, 0.25) is 0 Å². The lowest BCUT2D eigenvalue weighted by molar-refractivity contribution is -0.135. The molecule has 19 heavy (non-hydrogen) atoms. The van der Waals surface area contributed by atoms with Gasteiger partial charge in [-0.3, -0.25) is 9.69 Å². The van der Waals surface area contributed by atoms with Gasteiger partial charge in [-0.15, -0.1) is 0 Å². The van der Waals surface area contributed by atoms with Gasteiger partial charge >= 0.3 is 0 Å². The molecule has 0 aromatic heterocycles. The summed E-state index contributed by atoms with van der Waals surface area (Å²) in [4.78, 5) is 16.9. The van der Waals surface area contributed by atoms with E-state index < -0.39 is 0 Å². The van der Waals surface area contributed by atoms with E-state index in [-0.39, 0.29) is 0 Å². The van der Waals surface area contributed by atoms with Crippen LogP contribution >= 0.6 is 0 Å². The lowest BCUT2D eigenvalue weighted by Gasteiger charge is -2.36. The summed E-state index contributed by atoms with van der Waals surface area (Å²) in [5.74, 6) is 2.55. The number of amides is 1. The molecule has 0 N–H and O–H groups in total. The molecule has 2 fully saturated rings. The van der Waals surface area contributed by atoms with Crippen LogP contribution in [0.4, 0.5) is 0 Å². The van der Waals surface area contributed by atoms with Crippen molar-refractivity contribution in [3.8, 4) is 0 Å². The van der Waals surface area contributed by atoms with Crippen molar-refractivity contribution in [1.82, 2.24) is 9.80 Å². The Kier molecular flexibility index (Phi) is 5.26. The van der Waals surface area contributed by atoms with Crippen molar-refractivity contribution >= 4 is 5.91 Å². The average Bonchev–Trinajstić information content (AvgIpc) is 3.11. The first-order valence-electron chi connectivity index (χ1n) is 8.08. The van der Waals surface area contributed by atoms with Gasteiger partial charge in [-0.05, 0) is 50.0 Å². The SMILES string of the molecule is CCCN(CC(=O)N1CC(C)CC(C)C1)CC1CC1. The van der Waals surface area contributed by atoms with E-state index in [0.29, 0.717) is 24.3 Å². The van der Waals surface area contributed by atoms with Crippen molar-refractivity contribution in [2.45, 2.75) is 46.5 Å². The zero-order chi connectivity index (χ0) is 13.8. The summed E-state index contributed by atoms with van der Waals surface area (Å²) < 4.78 is 0. The molecule has 0 radical (unpaired) electrons. The summed E-state index contributed by atoms with van der Waals surface area (Å²) in [6, 6.07) is 0. The first-order valence-corrected chi connectivity index (χ1v) is 8.08. The molecular formula is C16H30N2O. The molecule has 0 bridgehead atoms. The Bertz CT molecular complexity index is 291. The van der Waals surface area contributed by atoms with Crippen LogP contribution in [0.3, 0.4) is 0 Å². The van der Waals surface area contributed by atoms with Gasteiger partial charge in [0.1, 0.15) is 0 Å². The molecular weight excluding hydrogens is 236 g/mol. The van der Waals surface area contributed by atoms with Gasteiger partial charge in [-0.1, -0.05) is 20.8 Å². The normalized spacial score (nSPS) is 27.9. The second kappa shape index (κ2) is 6.74. The van der Waals surface area contributed by atoms with Gasteiger partial charge < -0.3 is 4.90 Å². The highest BCUT2D eigenvalue weighted by Gasteiger charge is 2.28. The van der Waals surface area contributed by atoms with E-state index in [1.807, 2.05) is 0 Å². The zero-order valence-electron chi connectivity index (χ0n) is 12.9. The molecule has 2 unspecified atom stereocenters. The Morgan fingerprint density at radius 1 is 1.21 bits per heavy atom. The van der Waals surface area contributed by atoms with Crippen LogP contribution in [-0.4, -0.2) is 48.4 Å². The lowest BCUT2D eigenvalue weighted by atomic mass is 9.92. The van der Waals surface area contributed by atoms with Crippen LogP contribution in [0, 0.1) is 17.8 Å². The highest BCUT2D eigenvalue weighted by Crippen LogP contribution is 2.29. The second-order valence-corrected chi connectivity index (χ2v) is 6.92. The fourth-order valence-corrected chi connectivity index (χ4v) is 3.37. The van der Waals surface area contributed by atoms with Crippen molar-refractivity contribution in [2.24, 2.45) is 17.8 Å². The van der Waals surface area contributed by atoms with Crippen LogP contribution in [0.5, 0.6) is 0 Å². The minimum Gasteiger partial charge on any atom is -0.341 e. The Hall–Kier alpha value is -0.570. The minimum atomic E-state index is 0.354. The van der Waals surface area contributed by atoms with Crippen molar-refractivity contribution in [3.05, 3.63) is 0 Å². The van der Waals surface area contributed by atoms with E-state index in [9.17, 15) is 4.79 Å². The van der Waals surface area contributed by atoms with Crippen LogP contribution < -0.4 is 0 Å². The van der Waals surface area contributed by atoms with Gasteiger partial charge in [0.2, 0.25) is 5.91 Å². The van der Waals surface area contributed by atoms with Gasteiger partial charge in [0.25, 0.3) is 0 Å². The van der Waals surface area contributed by atoms with Crippen molar-refractivity contribution in [1.29, 1.82) is 0 Å². The predicted molar refractivity (Wildman–Crippen MR) is 79.0 cm³/mol. The molecule has 110 valence electrons. The zero-order valence-corrected chi connectivity index (χ0v) is 12.9. The molecule has 2 aliphatic rings. The minimum absolute atomic E-state index is 0.354. The Morgan fingerprint density at radius 2 is 1.84 bits per heavy atom. The van der Waals surface area contributed by atoms with E-state index >= 15 is 0 Å². The molecule has 1 heterocycles. The monoisotopic (exact) mass is 266 g/mol. The van der Waals surface area contributed by atoms with Gasteiger partial charge in [0, 0.05) is 19.6 Å². The van der Waals surface area contributed by atoms with Gasteiger partial charge in [-0.2, -0.15) is 0 Å². The molecule has 1 aliphatic carbocycles. The third kappa shape index (κ3) is 4.79. The standard InChI is InChI=1S/C16H30N2O/c1-4-7-17(11-15-5-6-15)12-16(19)18-9-13(2)8-14(3)10-18/h13-15H,4-12H2,1-3H3. The maximum atomic E-state index is 12.5. The molecule has 0 aromatic carbocycles. The number of hydrogen-bond donors (Lipinski definition) is 0. The summed E-state index contributed by atoms with van der Waals surface area (Å²) in [6.45, 7) is 11.5. The molecule has 1 amide bonds. The van der Waals surface area contributed by atoms with Gasteiger partial charge in [0.05, 0.1) is 6.54 Å². The second-order valence-electron chi connectivity index (χ2n) is 6.92. The fourth-order valence-electron chi connectivity index (χ4n) is 3.37. The smallest absolute Gasteiger partial charge is 0.236 e. The van der Waals surface area contributed by atoms with E-state index in [1.165, 1.54) is 19.3 Å². The highest BCUT2D eigenvalue weighted by atomic mass is 16.2. The summed E-state index contributed by atoms with van der Waals surface area (Å²) >= 11 is 0. The number of hydrogen-bond acceptors (Lipinski definition) is 2. The molecule has 1 saturated heterocycles. The molecule has 2 atom stereocenters. The number of piperidine rings is 1. The third-order valence-electron chi connectivity index (χ3n) is 4.33. The Morgan fingerprint density at radius 3 is 2.37 bits per heavy atom. The molecule has 3 heteroatoms. The summed E-state index contributed by atoms with van der Waals surface area (Å²) in [7, 11) is 0.